The van der Waals surface area contributed by atoms with Gasteiger partial charge in [0.1, 0.15) is 0 Å². The molecule has 0 aliphatic heterocycles. The molecule has 5 heteroatoms. The zero-order valence-corrected chi connectivity index (χ0v) is 11.4. The number of benzene rings is 1. The van der Waals surface area contributed by atoms with E-state index in [0.717, 1.165) is 22.3 Å². The Bertz CT molecular complexity index is 758. The first kappa shape index (κ1) is 13.2. The van der Waals surface area contributed by atoms with Crippen molar-refractivity contribution >= 4 is 16.8 Å². The van der Waals surface area contributed by atoms with Crippen molar-refractivity contribution in [3.05, 3.63) is 66.4 Å². The molecule has 5 nitrogen and oxygen atoms in total. The van der Waals surface area contributed by atoms with Crippen LogP contribution in [0.2, 0.25) is 0 Å². The van der Waals surface area contributed by atoms with Crippen molar-refractivity contribution in [3.63, 3.8) is 0 Å². The van der Waals surface area contributed by atoms with Gasteiger partial charge < -0.3 is 5.32 Å². The molecule has 3 rings (SSSR count). The van der Waals surface area contributed by atoms with E-state index in [1.807, 2.05) is 36.4 Å². The molecule has 1 N–H and O–H groups in total. The predicted molar refractivity (Wildman–Crippen MR) is 79.3 cm³/mol. The van der Waals surface area contributed by atoms with Gasteiger partial charge in [0.15, 0.2) is 0 Å². The highest BCUT2D eigenvalue weighted by atomic mass is 16.1. The van der Waals surface area contributed by atoms with Crippen LogP contribution in [0.5, 0.6) is 0 Å². The van der Waals surface area contributed by atoms with Crippen LogP contribution in [0.3, 0.4) is 0 Å². The zero-order valence-electron chi connectivity index (χ0n) is 11.4. The van der Waals surface area contributed by atoms with Crippen LogP contribution >= 0.6 is 0 Å². The Morgan fingerprint density at radius 1 is 1.05 bits per heavy atom. The average Bonchev–Trinajstić information content (AvgIpc) is 2.54. The first-order valence-corrected chi connectivity index (χ1v) is 6.67. The van der Waals surface area contributed by atoms with E-state index in [1.54, 1.807) is 18.6 Å². The predicted octanol–water partition coefficient (Wildman–Crippen LogP) is 1.88. The Hall–Kier alpha value is -2.82. The molecule has 0 radical (unpaired) electrons. The van der Waals surface area contributed by atoms with Crippen molar-refractivity contribution in [2.45, 2.75) is 13.0 Å². The summed E-state index contributed by atoms with van der Waals surface area (Å²) >= 11 is 0. The molecule has 0 aliphatic rings. The highest BCUT2D eigenvalue weighted by molar-refractivity contribution is 5.81. The summed E-state index contributed by atoms with van der Waals surface area (Å²) in [6, 6.07) is 11.7. The quantitative estimate of drug-likeness (QED) is 0.791. The number of nitrogens with zero attached hydrogens (tertiary/aromatic N) is 3. The largest absolute Gasteiger partial charge is 0.350 e. The topological polar surface area (TPSA) is 67.8 Å². The Balaban J connectivity index is 1.63. The van der Waals surface area contributed by atoms with Gasteiger partial charge in [0.25, 0.3) is 0 Å². The van der Waals surface area contributed by atoms with E-state index in [0.29, 0.717) is 6.54 Å². The average molecular weight is 278 g/mol. The van der Waals surface area contributed by atoms with Gasteiger partial charge in [-0.15, -0.1) is 0 Å². The number of hydrogen-bond acceptors (Lipinski definition) is 4. The Morgan fingerprint density at radius 3 is 2.81 bits per heavy atom. The fourth-order valence-corrected chi connectivity index (χ4v) is 2.04. The molecule has 104 valence electrons. The molecule has 0 unspecified atom stereocenters. The molecule has 0 saturated heterocycles. The molecule has 0 fully saturated rings. The maximum Gasteiger partial charge on any atom is 0.226 e. The van der Waals surface area contributed by atoms with Crippen LogP contribution in [0.25, 0.3) is 10.9 Å². The maximum atomic E-state index is 11.9. The molecule has 21 heavy (non-hydrogen) atoms. The van der Waals surface area contributed by atoms with Crippen molar-refractivity contribution < 1.29 is 4.79 Å². The minimum absolute atomic E-state index is 0.0802. The number of amides is 1. The molecule has 1 amide bonds. The lowest BCUT2D eigenvalue weighted by molar-refractivity contribution is -0.120. The SMILES string of the molecule is O=C(Cc1ccc2ccccc2n1)NCc1cnccn1. The minimum Gasteiger partial charge on any atom is -0.350 e. The zero-order chi connectivity index (χ0) is 14.5. The second kappa shape index (κ2) is 6.09. The number of carbonyl (C=O) groups is 1. The van der Waals surface area contributed by atoms with Crippen LogP contribution in [0, 0.1) is 0 Å². The Morgan fingerprint density at radius 2 is 1.95 bits per heavy atom. The normalized spacial score (nSPS) is 10.5. The van der Waals surface area contributed by atoms with Gasteiger partial charge in [0.2, 0.25) is 5.91 Å². The number of nitrogens with one attached hydrogen (secondary N) is 1. The summed E-state index contributed by atoms with van der Waals surface area (Å²) in [6.07, 6.45) is 5.09. The van der Waals surface area contributed by atoms with Crippen LogP contribution in [0.1, 0.15) is 11.4 Å². The highest BCUT2D eigenvalue weighted by Gasteiger charge is 2.06. The number of rotatable bonds is 4. The number of pyridine rings is 1. The molecule has 0 aliphatic carbocycles. The van der Waals surface area contributed by atoms with Crippen molar-refractivity contribution in [2.24, 2.45) is 0 Å². The number of carbonyl (C=O) groups excluding carboxylic acids is 1. The summed E-state index contributed by atoms with van der Waals surface area (Å²) in [4.78, 5) is 24.5. The Labute approximate surface area is 122 Å². The summed E-state index contributed by atoms with van der Waals surface area (Å²) in [5, 5.41) is 3.88. The van der Waals surface area contributed by atoms with E-state index in [4.69, 9.17) is 0 Å². The van der Waals surface area contributed by atoms with Crippen molar-refractivity contribution in [1.82, 2.24) is 20.3 Å². The fraction of sp³-hybridized carbons (Fsp3) is 0.125. The standard InChI is InChI=1S/C16H14N4O/c21-16(19-11-14-10-17-7-8-18-14)9-13-6-5-12-3-1-2-4-15(12)20-13/h1-8,10H,9,11H2,(H,19,21). The monoisotopic (exact) mass is 278 g/mol. The molecule has 2 heterocycles. The Kier molecular flexibility index (Phi) is 3.82. The molecule has 0 saturated carbocycles. The highest BCUT2D eigenvalue weighted by Crippen LogP contribution is 2.11. The van der Waals surface area contributed by atoms with E-state index in [2.05, 4.69) is 20.3 Å². The second-order valence-corrected chi connectivity index (χ2v) is 4.65. The molecular weight excluding hydrogens is 264 g/mol. The molecule has 2 aromatic heterocycles. The minimum atomic E-state index is -0.0802. The number of aromatic nitrogens is 3. The lowest BCUT2D eigenvalue weighted by Gasteiger charge is -2.05. The van der Waals surface area contributed by atoms with Gasteiger partial charge in [-0.3, -0.25) is 19.7 Å². The number of para-hydroxylation sites is 1. The van der Waals surface area contributed by atoms with Gasteiger partial charge in [-0.05, 0) is 12.1 Å². The molecule has 1 aromatic carbocycles. The lowest BCUT2D eigenvalue weighted by Crippen LogP contribution is -2.25. The first-order chi connectivity index (χ1) is 10.3. The van der Waals surface area contributed by atoms with Crippen LogP contribution in [0.4, 0.5) is 0 Å². The van der Waals surface area contributed by atoms with Crippen molar-refractivity contribution in [3.8, 4) is 0 Å². The summed E-state index contributed by atoms with van der Waals surface area (Å²) in [6.45, 7) is 0.375. The van der Waals surface area contributed by atoms with E-state index in [9.17, 15) is 4.79 Å². The second-order valence-electron chi connectivity index (χ2n) is 4.65. The molecular formula is C16H14N4O. The summed E-state index contributed by atoms with van der Waals surface area (Å²) in [5.41, 5.74) is 2.39. The third-order valence-corrected chi connectivity index (χ3v) is 3.08. The van der Waals surface area contributed by atoms with E-state index >= 15 is 0 Å². The number of hydrogen-bond donors (Lipinski definition) is 1. The summed E-state index contributed by atoms with van der Waals surface area (Å²) < 4.78 is 0. The van der Waals surface area contributed by atoms with E-state index in [-0.39, 0.29) is 12.3 Å². The number of fused-ring (bicyclic) bond motifs is 1. The van der Waals surface area contributed by atoms with Crippen molar-refractivity contribution in [2.75, 3.05) is 0 Å². The summed E-state index contributed by atoms with van der Waals surface area (Å²) in [5.74, 6) is -0.0802. The molecule has 0 spiro atoms. The molecule has 0 atom stereocenters. The third kappa shape index (κ3) is 3.39. The van der Waals surface area contributed by atoms with Crippen LogP contribution in [-0.4, -0.2) is 20.9 Å². The third-order valence-electron chi connectivity index (χ3n) is 3.08. The van der Waals surface area contributed by atoms with Gasteiger partial charge in [-0.25, -0.2) is 0 Å². The molecule has 0 bridgehead atoms. The van der Waals surface area contributed by atoms with Crippen LogP contribution in [-0.2, 0) is 17.8 Å². The van der Waals surface area contributed by atoms with Crippen molar-refractivity contribution in [1.29, 1.82) is 0 Å². The van der Waals surface area contributed by atoms with Gasteiger partial charge in [0, 0.05) is 17.8 Å². The van der Waals surface area contributed by atoms with Gasteiger partial charge in [-0.2, -0.15) is 0 Å². The van der Waals surface area contributed by atoms with Gasteiger partial charge >= 0.3 is 0 Å². The van der Waals surface area contributed by atoms with E-state index in [1.165, 1.54) is 0 Å². The fourth-order valence-electron chi connectivity index (χ4n) is 2.04. The lowest BCUT2D eigenvalue weighted by atomic mass is 10.2. The van der Waals surface area contributed by atoms with Gasteiger partial charge in [0.05, 0.1) is 36.1 Å². The van der Waals surface area contributed by atoms with Crippen LogP contribution < -0.4 is 5.32 Å². The summed E-state index contributed by atoms with van der Waals surface area (Å²) in [7, 11) is 0. The van der Waals surface area contributed by atoms with Gasteiger partial charge in [-0.1, -0.05) is 24.3 Å². The van der Waals surface area contributed by atoms with E-state index < -0.39 is 0 Å². The van der Waals surface area contributed by atoms with Crippen LogP contribution in [0.15, 0.2) is 55.0 Å². The maximum absolute atomic E-state index is 11.9. The smallest absolute Gasteiger partial charge is 0.226 e. The molecule has 3 aromatic rings. The first-order valence-electron chi connectivity index (χ1n) is 6.67.